The molecule has 23 heavy (non-hydrogen) atoms. The molecule has 2 heterocycles. The number of aryl methyl sites for hydroxylation is 2. The summed E-state index contributed by atoms with van der Waals surface area (Å²) in [4.78, 5) is 20.0. The lowest BCUT2D eigenvalue weighted by Crippen LogP contribution is -2.39. The number of benzene rings is 1. The van der Waals surface area contributed by atoms with E-state index >= 15 is 0 Å². The summed E-state index contributed by atoms with van der Waals surface area (Å²) in [6.45, 7) is 5.78. The first-order chi connectivity index (χ1) is 11.1. The lowest BCUT2D eigenvalue weighted by Gasteiger charge is -2.32. The van der Waals surface area contributed by atoms with Gasteiger partial charge >= 0.3 is 0 Å². The maximum Gasteiger partial charge on any atom is 0.255 e. The van der Waals surface area contributed by atoms with Crippen LogP contribution in [0.3, 0.4) is 0 Å². The molecule has 1 aromatic carbocycles. The molecule has 0 saturated carbocycles. The summed E-state index contributed by atoms with van der Waals surface area (Å²) in [5.74, 6) is 0.112. The second kappa shape index (κ2) is 7.18. The van der Waals surface area contributed by atoms with Crippen LogP contribution in [-0.2, 0) is 0 Å². The smallest absolute Gasteiger partial charge is 0.255 e. The zero-order chi connectivity index (χ0) is 16.2. The minimum atomic E-state index is 0.112. The Labute approximate surface area is 142 Å². The van der Waals surface area contributed by atoms with Crippen LogP contribution in [0.15, 0.2) is 47.6 Å². The fraction of sp³-hybridized carbons (Fsp3) is 0.368. The molecule has 120 valence electrons. The first-order valence-electron chi connectivity index (χ1n) is 8.06. The van der Waals surface area contributed by atoms with Crippen LogP contribution < -0.4 is 0 Å². The van der Waals surface area contributed by atoms with Gasteiger partial charge < -0.3 is 4.90 Å². The number of hydrogen-bond acceptors (Lipinski definition) is 3. The van der Waals surface area contributed by atoms with Crippen LogP contribution in [0.4, 0.5) is 0 Å². The largest absolute Gasteiger partial charge is 0.339 e. The van der Waals surface area contributed by atoms with Gasteiger partial charge in [0.15, 0.2) is 0 Å². The summed E-state index contributed by atoms with van der Waals surface area (Å²) in [5, 5.41) is 0.593. The van der Waals surface area contributed by atoms with Gasteiger partial charge in [-0.25, -0.2) is 0 Å². The van der Waals surface area contributed by atoms with Crippen molar-refractivity contribution in [2.75, 3.05) is 13.1 Å². The number of nitrogens with zero attached hydrogens (tertiary/aromatic N) is 2. The minimum Gasteiger partial charge on any atom is -0.339 e. The third-order valence-electron chi connectivity index (χ3n) is 4.24. The van der Waals surface area contributed by atoms with E-state index in [-0.39, 0.29) is 5.91 Å². The number of pyridine rings is 1. The maximum atomic E-state index is 12.6. The number of hydrogen-bond donors (Lipinski definition) is 0. The Balaban J connectivity index is 1.58. The highest BCUT2D eigenvalue weighted by molar-refractivity contribution is 8.00. The Bertz CT molecular complexity index is 693. The minimum absolute atomic E-state index is 0.112. The Hall–Kier alpha value is -1.81. The van der Waals surface area contributed by atoms with Crippen LogP contribution in [0.1, 0.15) is 34.3 Å². The lowest BCUT2D eigenvalue weighted by atomic mass is 10.1. The van der Waals surface area contributed by atoms with Crippen molar-refractivity contribution in [2.45, 2.75) is 36.8 Å². The number of aromatic nitrogens is 1. The molecule has 0 spiro atoms. The summed E-state index contributed by atoms with van der Waals surface area (Å²) in [6.07, 6.45) is 5.54. The van der Waals surface area contributed by atoms with Gasteiger partial charge in [0.2, 0.25) is 0 Å². The number of rotatable bonds is 3. The van der Waals surface area contributed by atoms with E-state index in [4.69, 9.17) is 0 Å². The highest BCUT2D eigenvalue weighted by Crippen LogP contribution is 2.32. The van der Waals surface area contributed by atoms with Crippen LogP contribution in [0.5, 0.6) is 0 Å². The maximum absolute atomic E-state index is 12.6. The zero-order valence-electron chi connectivity index (χ0n) is 13.7. The summed E-state index contributed by atoms with van der Waals surface area (Å²) in [7, 11) is 0. The van der Waals surface area contributed by atoms with Gasteiger partial charge in [-0.1, -0.05) is 18.2 Å². The number of piperidine rings is 1. The Kier molecular flexibility index (Phi) is 5.01. The SMILES string of the molecule is Cc1cncc(C(=O)N2CCC(Sc3ccccc3C)CC2)c1. The molecule has 0 aliphatic carbocycles. The molecule has 0 bridgehead atoms. The molecule has 0 N–H and O–H groups in total. The first kappa shape index (κ1) is 16.1. The van der Waals surface area contributed by atoms with E-state index < -0.39 is 0 Å². The fourth-order valence-electron chi connectivity index (χ4n) is 2.90. The summed E-state index contributed by atoms with van der Waals surface area (Å²) in [5.41, 5.74) is 3.07. The number of amides is 1. The van der Waals surface area contributed by atoms with E-state index in [1.54, 1.807) is 12.4 Å². The van der Waals surface area contributed by atoms with Gasteiger partial charge in [-0.3, -0.25) is 9.78 Å². The number of carbonyl (C=O) groups is 1. The number of thioether (sulfide) groups is 1. The van der Waals surface area contributed by atoms with E-state index in [1.165, 1.54) is 10.5 Å². The van der Waals surface area contributed by atoms with E-state index in [0.717, 1.165) is 31.5 Å². The average Bonchev–Trinajstić information content (AvgIpc) is 2.57. The van der Waals surface area contributed by atoms with Gasteiger partial charge in [-0.15, -0.1) is 11.8 Å². The Morgan fingerprint density at radius 2 is 1.91 bits per heavy atom. The fourth-order valence-corrected chi connectivity index (χ4v) is 4.12. The lowest BCUT2D eigenvalue weighted by molar-refractivity contribution is 0.0727. The summed E-state index contributed by atoms with van der Waals surface area (Å²) >= 11 is 1.95. The van der Waals surface area contributed by atoms with Crippen LogP contribution in [0.25, 0.3) is 0 Å². The van der Waals surface area contributed by atoms with Crippen molar-refractivity contribution >= 4 is 17.7 Å². The highest BCUT2D eigenvalue weighted by Gasteiger charge is 2.24. The molecule has 0 unspecified atom stereocenters. The first-order valence-corrected chi connectivity index (χ1v) is 8.94. The molecular formula is C19H22N2OS. The van der Waals surface area contributed by atoms with Crippen LogP contribution in [0, 0.1) is 13.8 Å². The third-order valence-corrected chi connectivity index (χ3v) is 5.76. The van der Waals surface area contributed by atoms with Gasteiger partial charge in [0.05, 0.1) is 5.56 Å². The third kappa shape index (κ3) is 3.94. The molecule has 0 atom stereocenters. The van der Waals surface area contributed by atoms with Gasteiger partial charge in [0.25, 0.3) is 5.91 Å². The predicted octanol–water partition coefficient (Wildman–Crippen LogP) is 4.10. The molecule has 0 radical (unpaired) electrons. The van der Waals surface area contributed by atoms with Gasteiger partial charge in [-0.2, -0.15) is 0 Å². The highest BCUT2D eigenvalue weighted by atomic mass is 32.2. The van der Waals surface area contributed by atoms with E-state index in [1.807, 2.05) is 29.7 Å². The van der Waals surface area contributed by atoms with Crippen molar-refractivity contribution in [3.63, 3.8) is 0 Å². The summed E-state index contributed by atoms with van der Waals surface area (Å²) < 4.78 is 0. The number of likely N-dealkylation sites (tertiary alicyclic amines) is 1. The zero-order valence-corrected chi connectivity index (χ0v) is 14.5. The molecule has 1 aromatic heterocycles. The molecule has 1 amide bonds. The van der Waals surface area contributed by atoms with Crippen molar-refractivity contribution in [1.82, 2.24) is 9.88 Å². The Morgan fingerprint density at radius 1 is 1.17 bits per heavy atom. The topological polar surface area (TPSA) is 33.2 Å². The standard InChI is InChI=1S/C19H22N2OS/c1-14-11-16(13-20-12-14)19(22)21-9-7-17(8-10-21)23-18-6-4-3-5-15(18)2/h3-6,11-13,17H,7-10H2,1-2H3. The van der Waals surface area contributed by atoms with Crippen molar-refractivity contribution < 1.29 is 4.79 Å². The predicted molar refractivity (Wildman–Crippen MR) is 94.9 cm³/mol. The second-order valence-electron chi connectivity index (χ2n) is 6.13. The molecular weight excluding hydrogens is 304 g/mol. The van der Waals surface area contributed by atoms with Crippen LogP contribution in [-0.4, -0.2) is 34.1 Å². The van der Waals surface area contributed by atoms with Crippen molar-refractivity contribution in [1.29, 1.82) is 0 Å². The van der Waals surface area contributed by atoms with Crippen molar-refractivity contribution in [3.8, 4) is 0 Å². The quantitative estimate of drug-likeness (QED) is 0.851. The van der Waals surface area contributed by atoms with Crippen LogP contribution in [0.2, 0.25) is 0 Å². The molecule has 1 saturated heterocycles. The second-order valence-corrected chi connectivity index (χ2v) is 7.47. The molecule has 3 nitrogen and oxygen atoms in total. The average molecular weight is 326 g/mol. The van der Waals surface area contributed by atoms with E-state index in [0.29, 0.717) is 10.8 Å². The molecule has 1 aliphatic rings. The molecule has 1 fully saturated rings. The van der Waals surface area contributed by atoms with E-state index in [2.05, 4.69) is 36.2 Å². The van der Waals surface area contributed by atoms with Gasteiger partial charge in [0, 0.05) is 35.6 Å². The molecule has 4 heteroatoms. The normalized spacial score (nSPS) is 15.7. The number of carbonyl (C=O) groups excluding carboxylic acids is 1. The van der Waals surface area contributed by atoms with Crippen molar-refractivity contribution in [2.24, 2.45) is 0 Å². The van der Waals surface area contributed by atoms with Gasteiger partial charge in [-0.05, 0) is 49.9 Å². The monoisotopic (exact) mass is 326 g/mol. The molecule has 2 aromatic rings. The van der Waals surface area contributed by atoms with Crippen molar-refractivity contribution in [3.05, 3.63) is 59.4 Å². The molecule has 3 rings (SSSR count). The summed E-state index contributed by atoms with van der Waals surface area (Å²) in [6, 6.07) is 10.4. The van der Waals surface area contributed by atoms with E-state index in [9.17, 15) is 4.79 Å². The molecule has 1 aliphatic heterocycles. The van der Waals surface area contributed by atoms with Gasteiger partial charge in [0.1, 0.15) is 0 Å². The Morgan fingerprint density at radius 3 is 2.61 bits per heavy atom. The van der Waals surface area contributed by atoms with Crippen LogP contribution >= 0.6 is 11.8 Å².